The molecule has 0 spiro atoms. The Morgan fingerprint density at radius 2 is 2.28 bits per heavy atom. The van der Waals surface area contributed by atoms with Crippen LogP contribution in [0.5, 0.6) is 5.75 Å². The highest BCUT2D eigenvalue weighted by molar-refractivity contribution is 6.36. The minimum atomic E-state index is -1.05. The second kappa shape index (κ2) is 7.03. The topological polar surface area (TPSA) is 59.4 Å². The third-order valence-corrected chi connectivity index (χ3v) is 2.49. The van der Waals surface area contributed by atoms with Crippen LogP contribution in [0, 0.1) is 6.92 Å². The van der Waals surface area contributed by atoms with Gasteiger partial charge in [0.2, 0.25) is 0 Å². The van der Waals surface area contributed by atoms with Crippen LogP contribution in [0.3, 0.4) is 0 Å². The number of carbonyl (C=O) groups is 1. The number of pyridine rings is 1. The van der Waals surface area contributed by atoms with E-state index in [1.54, 1.807) is 19.1 Å². The van der Waals surface area contributed by atoms with Crippen LogP contribution in [0.1, 0.15) is 11.4 Å². The zero-order valence-electron chi connectivity index (χ0n) is 9.56. The van der Waals surface area contributed by atoms with Gasteiger partial charge in [-0.25, -0.2) is 9.78 Å². The van der Waals surface area contributed by atoms with Crippen molar-refractivity contribution in [3.05, 3.63) is 40.2 Å². The summed E-state index contributed by atoms with van der Waals surface area (Å²) in [5, 5.41) is 8.93. The number of halogens is 2. The molecule has 0 saturated carbocycles. The molecular formula is C12H11Cl2NO3. The van der Waals surface area contributed by atoms with Gasteiger partial charge in [-0.1, -0.05) is 23.2 Å². The molecule has 0 atom stereocenters. The summed E-state index contributed by atoms with van der Waals surface area (Å²) in [5.74, 6) is -0.613. The first-order chi connectivity index (χ1) is 8.52. The van der Waals surface area contributed by atoms with Gasteiger partial charge >= 0.3 is 5.97 Å². The van der Waals surface area contributed by atoms with Gasteiger partial charge in [-0.2, -0.15) is 0 Å². The van der Waals surface area contributed by atoms with Crippen molar-refractivity contribution < 1.29 is 14.6 Å². The van der Waals surface area contributed by atoms with Crippen molar-refractivity contribution >= 4 is 35.2 Å². The molecule has 96 valence electrons. The lowest BCUT2D eigenvalue weighted by molar-refractivity contribution is -0.131. The average molecular weight is 288 g/mol. The Bertz CT molecular complexity index is 498. The molecule has 6 heteroatoms. The summed E-state index contributed by atoms with van der Waals surface area (Å²) in [6, 6.07) is 3.45. The second-order valence-corrected chi connectivity index (χ2v) is 4.06. The summed E-state index contributed by atoms with van der Waals surface area (Å²) in [6.07, 6.45) is 2.36. The molecule has 0 saturated heterocycles. The van der Waals surface area contributed by atoms with Gasteiger partial charge in [0.15, 0.2) is 0 Å². The van der Waals surface area contributed by atoms with E-state index >= 15 is 0 Å². The second-order valence-electron chi connectivity index (χ2n) is 3.35. The number of hydrogen-bond donors (Lipinski definition) is 1. The van der Waals surface area contributed by atoms with Gasteiger partial charge in [0, 0.05) is 17.3 Å². The van der Waals surface area contributed by atoms with E-state index in [4.69, 9.17) is 33.0 Å². The summed E-state index contributed by atoms with van der Waals surface area (Å²) in [4.78, 5) is 14.7. The van der Waals surface area contributed by atoms with E-state index in [-0.39, 0.29) is 6.61 Å². The predicted molar refractivity (Wildman–Crippen MR) is 70.9 cm³/mol. The fourth-order valence-electron chi connectivity index (χ4n) is 1.13. The molecule has 1 heterocycles. The number of nitrogens with zero attached hydrogens (tertiary/aromatic N) is 1. The molecule has 0 aliphatic heterocycles. The standard InChI is InChI=1S/C12H11Cl2NO3/c1-8-2-4-11(18-7-9(14)6-13)10(15-8)3-5-12(16)17/h2-6H,7H2,1H3,(H,16,17). The molecule has 0 aliphatic carbocycles. The fourth-order valence-corrected chi connectivity index (χ4v) is 1.25. The number of aromatic nitrogens is 1. The number of hydrogen-bond acceptors (Lipinski definition) is 3. The fraction of sp³-hybridized carbons (Fsp3) is 0.167. The third kappa shape index (κ3) is 4.77. The highest BCUT2D eigenvalue weighted by Gasteiger charge is 2.04. The summed E-state index contributed by atoms with van der Waals surface area (Å²) in [7, 11) is 0. The first kappa shape index (κ1) is 14.5. The summed E-state index contributed by atoms with van der Waals surface area (Å²) >= 11 is 11.1. The Balaban J connectivity index is 2.92. The molecule has 0 bridgehead atoms. The van der Waals surface area contributed by atoms with Gasteiger partial charge in [0.25, 0.3) is 0 Å². The number of rotatable bonds is 5. The SMILES string of the molecule is Cc1ccc(OCC(Cl)=CCl)c(C=CC(=O)O)n1. The lowest BCUT2D eigenvalue weighted by Crippen LogP contribution is -2.00. The van der Waals surface area contributed by atoms with Crippen LogP contribution in [0.4, 0.5) is 0 Å². The molecule has 0 amide bonds. The number of carboxylic acids is 1. The maximum absolute atomic E-state index is 10.5. The molecule has 0 aromatic carbocycles. The Kier molecular flexibility index (Phi) is 5.68. The molecule has 0 unspecified atom stereocenters. The normalized spacial score (nSPS) is 11.8. The summed E-state index contributed by atoms with van der Waals surface area (Å²) < 4.78 is 5.39. The van der Waals surface area contributed by atoms with Crippen LogP contribution < -0.4 is 4.74 Å². The predicted octanol–water partition coefficient (Wildman–Crippen LogP) is 3.19. The minimum absolute atomic E-state index is 0.101. The van der Waals surface area contributed by atoms with Crippen molar-refractivity contribution in [1.82, 2.24) is 4.98 Å². The maximum atomic E-state index is 10.5. The number of carboxylic acid groups (broad SMARTS) is 1. The van der Waals surface area contributed by atoms with E-state index < -0.39 is 5.97 Å². The van der Waals surface area contributed by atoms with E-state index in [0.717, 1.165) is 11.8 Å². The molecule has 4 nitrogen and oxygen atoms in total. The average Bonchev–Trinajstić information content (AvgIpc) is 2.34. The molecule has 0 radical (unpaired) electrons. The van der Waals surface area contributed by atoms with Crippen molar-refractivity contribution in [2.45, 2.75) is 6.92 Å². The van der Waals surface area contributed by atoms with Crippen molar-refractivity contribution in [3.63, 3.8) is 0 Å². The van der Waals surface area contributed by atoms with Crippen molar-refractivity contribution in [3.8, 4) is 5.75 Å². The largest absolute Gasteiger partial charge is 0.486 e. The molecule has 1 rings (SSSR count). The first-order valence-electron chi connectivity index (χ1n) is 4.99. The molecule has 18 heavy (non-hydrogen) atoms. The van der Waals surface area contributed by atoms with Crippen LogP contribution in [0.25, 0.3) is 6.08 Å². The number of ether oxygens (including phenoxy) is 1. The van der Waals surface area contributed by atoms with E-state index in [0.29, 0.717) is 16.5 Å². The summed E-state index contributed by atoms with van der Waals surface area (Å²) in [5.41, 5.74) is 2.39. The van der Waals surface area contributed by atoms with Gasteiger partial charge in [-0.05, 0) is 25.1 Å². The van der Waals surface area contributed by atoms with Gasteiger partial charge in [0.1, 0.15) is 18.1 Å². The molecule has 0 aliphatic rings. The molecule has 1 N–H and O–H groups in total. The minimum Gasteiger partial charge on any atom is -0.486 e. The quantitative estimate of drug-likeness (QED) is 0.845. The monoisotopic (exact) mass is 287 g/mol. The number of aryl methyl sites for hydroxylation is 1. The highest BCUT2D eigenvalue weighted by atomic mass is 35.5. The summed E-state index contributed by atoms with van der Waals surface area (Å²) in [6.45, 7) is 1.90. The van der Waals surface area contributed by atoms with Crippen LogP contribution in [-0.4, -0.2) is 22.7 Å². The van der Waals surface area contributed by atoms with Gasteiger partial charge in [-0.3, -0.25) is 0 Å². The molecule has 1 aromatic rings. The Labute approximate surface area is 115 Å². The van der Waals surface area contributed by atoms with E-state index in [1.807, 2.05) is 0 Å². The van der Waals surface area contributed by atoms with Crippen LogP contribution in [0.2, 0.25) is 0 Å². The van der Waals surface area contributed by atoms with Gasteiger partial charge < -0.3 is 9.84 Å². The lowest BCUT2D eigenvalue weighted by atomic mass is 10.2. The van der Waals surface area contributed by atoms with E-state index in [1.165, 1.54) is 11.6 Å². The van der Waals surface area contributed by atoms with Crippen molar-refractivity contribution in [2.24, 2.45) is 0 Å². The molecule has 0 fully saturated rings. The first-order valence-corrected chi connectivity index (χ1v) is 5.80. The lowest BCUT2D eigenvalue weighted by Gasteiger charge is -2.08. The van der Waals surface area contributed by atoms with Crippen LogP contribution >= 0.6 is 23.2 Å². The smallest absolute Gasteiger partial charge is 0.328 e. The van der Waals surface area contributed by atoms with Crippen molar-refractivity contribution in [1.29, 1.82) is 0 Å². The van der Waals surface area contributed by atoms with Gasteiger partial charge in [0.05, 0.1) is 5.03 Å². The zero-order valence-corrected chi connectivity index (χ0v) is 11.1. The Morgan fingerprint density at radius 1 is 1.56 bits per heavy atom. The van der Waals surface area contributed by atoms with Gasteiger partial charge in [-0.15, -0.1) is 0 Å². The van der Waals surface area contributed by atoms with Crippen LogP contribution in [0.15, 0.2) is 28.8 Å². The van der Waals surface area contributed by atoms with Crippen molar-refractivity contribution in [2.75, 3.05) is 6.61 Å². The van der Waals surface area contributed by atoms with E-state index in [2.05, 4.69) is 4.98 Å². The Morgan fingerprint density at radius 3 is 2.89 bits per heavy atom. The molecule has 1 aromatic heterocycles. The third-order valence-electron chi connectivity index (χ3n) is 1.89. The highest BCUT2D eigenvalue weighted by Crippen LogP contribution is 2.19. The zero-order chi connectivity index (χ0) is 13.5. The Hall–Kier alpha value is -1.52. The number of aliphatic carboxylic acids is 1. The van der Waals surface area contributed by atoms with Crippen LogP contribution in [-0.2, 0) is 4.79 Å². The maximum Gasteiger partial charge on any atom is 0.328 e. The van der Waals surface area contributed by atoms with E-state index in [9.17, 15) is 4.79 Å². The molecular weight excluding hydrogens is 277 g/mol.